The molecule has 202 valence electrons. The number of rotatable bonds is 10. The highest BCUT2D eigenvalue weighted by atomic mass is 32.2. The van der Waals surface area contributed by atoms with Crippen LogP contribution in [0.4, 0.5) is 5.69 Å². The summed E-state index contributed by atoms with van der Waals surface area (Å²) in [4.78, 5) is 38.1. The Morgan fingerprint density at radius 1 is 1.05 bits per heavy atom. The molecule has 0 bridgehead atoms. The van der Waals surface area contributed by atoms with Crippen LogP contribution in [0.3, 0.4) is 0 Å². The van der Waals surface area contributed by atoms with E-state index in [0.29, 0.717) is 30.0 Å². The molecule has 0 radical (unpaired) electrons. The fourth-order valence-electron chi connectivity index (χ4n) is 3.83. The predicted molar refractivity (Wildman–Crippen MR) is 146 cm³/mol. The molecule has 1 heterocycles. The third-order valence-corrected chi connectivity index (χ3v) is 8.16. The molecule has 1 N–H and O–H groups in total. The van der Waals surface area contributed by atoms with Gasteiger partial charge in [0.25, 0.3) is 11.5 Å². The molecule has 0 aliphatic carbocycles. The van der Waals surface area contributed by atoms with Crippen LogP contribution in [0.2, 0.25) is 0 Å². The summed E-state index contributed by atoms with van der Waals surface area (Å²) in [6, 6.07) is 15.1. The third-order valence-electron chi connectivity index (χ3n) is 6.10. The Labute approximate surface area is 222 Å². The van der Waals surface area contributed by atoms with Crippen LogP contribution >= 0.6 is 0 Å². The van der Waals surface area contributed by atoms with Crippen LogP contribution in [0.5, 0.6) is 0 Å². The number of carbonyl (C=O) groups is 2. The van der Waals surface area contributed by atoms with Gasteiger partial charge in [-0.15, -0.1) is 0 Å². The minimum Gasteiger partial charge on any atom is -0.449 e. The van der Waals surface area contributed by atoms with Crippen LogP contribution < -0.4 is 10.9 Å². The molecule has 3 aromatic rings. The van der Waals surface area contributed by atoms with Gasteiger partial charge in [0.15, 0.2) is 6.10 Å². The first-order valence-electron chi connectivity index (χ1n) is 12.1. The van der Waals surface area contributed by atoms with Gasteiger partial charge in [0, 0.05) is 26.2 Å². The zero-order valence-corrected chi connectivity index (χ0v) is 22.9. The molecule has 2 aromatic carbocycles. The first-order valence-corrected chi connectivity index (χ1v) is 13.6. The Balaban J connectivity index is 1.65. The summed E-state index contributed by atoms with van der Waals surface area (Å²) in [6.45, 7) is 7.38. The van der Waals surface area contributed by atoms with Crippen molar-refractivity contribution in [3.63, 3.8) is 0 Å². The standard InChI is InChI=1S/C27H32N4O6S/c1-6-30(7-2)38(35,36)23-16-13-21(14-17-23)15-18-24(32)37-20(4)26(33)28-25-19(3)29(5)31(27(25)34)22-11-9-8-10-12-22/h8-18,20H,6-7H2,1-5H3,(H,28,33). The molecule has 1 amide bonds. The average molecular weight is 541 g/mol. The zero-order valence-electron chi connectivity index (χ0n) is 22.0. The average Bonchev–Trinajstić information content (AvgIpc) is 3.11. The lowest BCUT2D eigenvalue weighted by atomic mass is 10.2. The van der Waals surface area contributed by atoms with E-state index in [9.17, 15) is 22.8 Å². The molecule has 10 nitrogen and oxygen atoms in total. The highest BCUT2D eigenvalue weighted by molar-refractivity contribution is 7.89. The highest BCUT2D eigenvalue weighted by Gasteiger charge is 2.23. The molecule has 1 atom stereocenters. The molecule has 1 aromatic heterocycles. The van der Waals surface area contributed by atoms with Crippen LogP contribution in [-0.2, 0) is 31.4 Å². The van der Waals surface area contributed by atoms with Crippen molar-refractivity contribution in [1.82, 2.24) is 13.7 Å². The second kappa shape index (κ2) is 12.1. The van der Waals surface area contributed by atoms with Gasteiger partial charge in [0.2, 0.25) is 10.0 Å². The molecule has 3 rings (SSSR count). The number of sulfonamides is 1. The van der Waals surface area contributed by atoms with Crippen LogP contribution in [0.25, 0.3) is 11.8 Å². The van der Waals surface area contributed by atoms with Crippen molar-refractivity contribution >= 4 is 33.7 Å². The number of nitrogens with zero attached hydrogens (tertiary/aromatic N) is 3. The zero-order chi connectivity index (χ0) is 28.0. The summed E-state index contributed by atoms with van der Waals surface area (Å²) in [5.41, 5.74) is 1.46. The van der Waals surface area contributed by atoms with Crippen LogP contribution in [0.15, 0.2) is 70.4 Å². The molecule has 0 saturated heterocycles. The van der Waals surface area contributed by atoms with Crippen molar-refractivity contribution in [3.8, 4) is 5.69 Å². The van der Waals surface area contributed by atoms with Crippen LogP contribution in [0.1, 0.15) is 32.0 Å². The van der Waals surface area contributed by atoms with E-state index < -0.39 is 33.6 Å². The van der Waals surface area contributed by atoms with Crippen molar-refractivity contribution in [3.05, 3.63) is 82.3 Å². The summed E-state index contributed by atoms with van der Waals surface area (Å²) in [6.07, 6.45) is 1.44. The smallest absolute Gasteiger partial charge is 0.331 e. The number of para-hydroxylation sites is 1. The molecular formula is C27H32N4O6S. The molecule has 0 spiro atoms. The maximum absolute atomic E-state index is 13.0. The number of aromatic nitrogens is 2. The van der Waals surface area contributed by atoms with Gasteiger partial charge in [0.05, 0.1) is 16.3 Å². The number of anilines is 1. The summed E-state index contributed by atoms with van der Waals surface area (Å²) in [5, 5.41) is 2.57. The normalized spacial score (nSPS) is 12.6. The summed E-state index contributed by atoms with van der Waals surface area (Å²) in [7, 11) is -1.87. The van der Waals surface area contributed by atoms with Gasteiger partial charge in [-0.05, 0) is 49.8 Å². The second-order valence-electron chi connectivity index (χ2n) is 8.50. The Bertz CT molecular complexity index is 1480. The first kappa shape index (κ1) is 28.6. The maximum atomic E-state index is 13.0. The van der Waals surface area contributed by atoms with Crippen molar-refractivity contribution in [1.29, 1.82) is 0 Å². The fraction of sp³-hybridized carbons (Fsp3) is 0.296. The Morgan fingerprint density at radius 3 is 2.24 bits per heavy atom. The number of hydrogen-bond donors (Lipinski definition) is 1. The van der Waals surface area contributed by atoms with Gasteiger partial charge in [-0.2, -0.15) is 4.31 Å². The molecular weight excluding hydrogens is 508 g/mol. The van der Waals surface area contributed by atoms with Crippen LogP contribution in [0, 0.1) is 6.92 Å². The maximum Gasteiger partial charge on any atom is 0.331 e. The number of esters is 1. The fourth-order valence-corrected chi connectivity index (χ4v) is 5.29. The van der Waals surface area contributed by atoms with E-state index in [1.807, 2.05) is 6.07 Å². The molecule has 0 saturated carbocycles. The minimum absolute atomic E-state index is 0.0968. The topological polar surface area (TPSA) is 120 Å². The Hall–Kier alpha value is -3.96. The van der Waals surface area contributed by atoms with Gasteiger partial charge in [0.1, 0.15) is 5.69 Å². The lowest BCUT2D eigenvalue weighted by Crippen LogP contribution is -2.31. The molecule has 0 aliphatic rings. The second-order valence-corrected chi connectivity index (χ2v) is 10.4. The van der Waals surface area contributed by atoms with Crippen molar-refractivity contribution in [2.75, 3.05) is 18.4 Å². The predicted octanol–water partition coefficient (Wildman–Crippen LogP) is 3.10. The Kier molecular flexibility index (Phi) is 9.08. The van der Waals surface area contributed by atoms with Gasteiger partial charge in [-0.25, -0.2) is 17.9 Å². The van der Waals surface area contributed by atoms with E-state index in [2.05, 4.69) is 5.32 Å². The number of nitrogens with one attached hydrogen (secondary N) is 1. The largest absolute Gasteiger partial charge is 0.449 e. The number of hydrogen-bond acceptors (Lipinski definition) is 6. The van der Waals surface area contributed by atoms with Gasteiger partial charge in [-0.1, -0.05) is 44.2 Å². The van der Waals surface area contributed by atoms with Gasteiger partial charge < -0.3 is 10.1 Å². The lowest BCUT2D eigenvalue weighted by molar-refractivity contribution is -0.148. The van der Waals surface area contributed by atoms with E-state index in [4.69, 9.17) is 4.74 Å². The third kappa shape index (κ3) is 6.12. The van der Waals surface area contributed by atoms with Crippen LogP contribution in [-0.4, -0.2) is 53.2 Å². The monoisotopic (exact) mass is 540 g/mol. The molecule has 11 heteroatoms. The van der Waals surface area contributed by atoms with Gasteiger partial charge in [-0.3, -0.25) is 14.3 Å². The van der Waals surface area contributed by atoms with Crippen molar-refractivity contribution in [2.45, 2.75) is 38.7 Å². The lowest BCUT2D eigenvalue weighted by Gasteiger charge is -2.18. The van der Waals surface area contributed by atoms with Crippen molar-refractivity contribution < 1.29 is 22.7 Å². The molecule has 38 heavy (non-hydrogen) atoms. The van der Waals surface area contributed by atoms with Gasteiger partial charge >= 0.3 is 5.97 Å². The summed E-state index contributed by atoms with van der Waals surface area (Å²) >= 11 is 0. The van der Waals surface area contributed by atoms with Crippen molar-refractivity contribution in [2.24, 2.45) is 7.05 Å². The number of benzene rings is 2. The number of amides is 1. The van der Waals surface area contributed by atoms with E-state index >= 15 is 0 Å². The minimum atomic E-state index is -3.58. The summed E-state index contributed by atoms with van der Waals surface area (Å²) < 4.78 is 34.8. The molecule has 1 unspecified atom stereocenters. The van der Waals surface area contributed by atoms with E-state index in [-0.39, 0.29) is 10.6 Å². The first-order chi connectivity index (χ1) is 18.0. The molecule has 0 fully saturated rings. The quantitative estimate of drug-likeness (QED) is 0.312. The molecule has 0 aliphatic heterocycles. The van der Waals surface area contributed by atoms with E-state index in [1.54, 1.807) is 68.9 Å². The number of carbonyl (C=O) groups excluding carboxylic acids is 2. The van der Waals surface area contributed by atoms with E-state index in [0.717, 1.165) is 6.08 Å². The summed E-state index contributed by atoms with van der Waals surface area (Å²) in [5.74, 6) is -1.41. The SMILES string of the molecule is CCN(CC)S(=O)(=O)c1ccc(C=CC(=O)OC(C)C(=O)Nc2c(C)n(C)n(-c3ccccc3)c2=O)cc1. The highest BCUT2D eigenvalue weighted by Crippen LogP contribution is 2.17. The van der Waals surface area contributed by atoms with E-state index in [1.165, 1.54) is 34.1 Å². The Morgan fingerprint density at radius 2 is 1.66 bits per heavy atom. The number of ether oxygens (including phenoxy) is 1.